The molecule has 1 aliphatic carbocycles. The summed E-state index contributed by atoms with van der Waals surface area (Å²) < 4.78 is 12.8. The van der Waals surface area contributed by atoms with Gasteiger partial charge in [0.05, 0.1) is 5.52 Å². The number of nitrogens with one attached hydrogen (secondary N) is 1. The van der Waals surface area contributed by atoms with Crippen molar-refractivity contribution < 1.29 is 19.1 Å². The first-order chi connectivity index (χ1) is 22.6. The Morgan fingerprint density at radius 2 is 1.61 bits per heavy atom. The maximum atomic E-state index is 14.5. The van der Waals surface area contributed by atoms with E-state index < -0.39 is 6.04 Å². The van der Waals surface area contributed by atoms with Gasteiger partial charge in [-0.1, -0.05) is 78.8 Å². The van der Waals surface area contributed by atoms with Gasteiger partial charge in [-0.25, -0.2) is 4.68 Å². The summed E-state index contributed by atoms with van der Waals surface area (Å²) in [5.41, 5.74) is 4.17. The maximum Gasteiger partial charge on any atom is 0.249 e. The van der Waals surface area contributed by atoms with Crippen LogP contribution in [-0.2, 0) is 16.1 Å². The number of nitrogens with zero attached hydrogens (tertiary/aromatic N) is 4. The molecular weight excluding hydrogens is 578 g/mol. The summed E-state index contributed by atoms with van der Waals surface area (Å²) in [6.45, 7) is -0.0406. The minimum atomic E-state index is -0.997. The molecule has 2 aliphatic rings. The standard InChI is InChI=1S/C37H33N5O4/c43-35(24-41-32-17-8-7-16-31(32)39-40-41)42(30-20-21-33-34(23-30)46-25-45-33)36(37(44)38-29-14-5-2-6-15-29)28-13-9-12-27(22-28)19-18-26-10-3-1-4-11-26/h1,3-4,7-13,16-17,20-23,29,36H,2,5-6,14-15,24-25H2,(H,38,44)/t36-/m1/s1. The Labute approximate surface area is 267 Å². The van der Waals surface area contributed by atoms with Crippen molar-refractivity contribution in [1.29, 1.82) is 0 Å². The molecule has 0 spiro atoms. The molecule has 230 valence electrons. The monoisotopic (exact) mass is 611 g/mol. The highest BCUT2D eigenvalue weighted by atomic mass is 16.7. The number of rotatable bonds is 7. The number of carbonyl (C=O) groups is 2. The lowest BCUT2D eigenvalue weighted by Crippen LogP contribution is -2.48. The summed E-state index contributed by atoms with van der Waals surface area (Å²) in [4.78, 5) is 30.5. The lowest BCUT2D eigenvalue weighted by molar-refractivity contribution is -0.127. The molecule has 1 aromatic heterocycles. The Kier molecular flexibility index (Phi) is 8.33. The Hall–Kier alpha value is -5.62. The molecule has 1 saturated carbocycles. The van der Waals surface area contributed by atoms with Crippen LogP contribution in [0.5, 0.6) is 11.5 Å². The molecule has 0 unspecified atom stereocenters. The molecule has 1 atom stereocenters. The SMILES string of the molecule is O=C(NC1CCCCC1)[C@@H](c1cccc(C#Cc2ccccc2)c1)N(C(=O)Cn1nnc2ccccc21)c1ccc2c(c1)OCO2. The largest absolute Gasteiger partial charge is 0.454 e. The number of hydrogen-bond acceptors (Lipinski definition) is 6. The van der Waals surface area contributed by atoms with Crippen LogP contribution >= 0.6 is 0 Å². The topological polar surface area (TPSA) is 98.6 Å². The molecule has 1 aliphatic heterocycles. The smallest absolute Gasteiger partial charge is 0.249 e. The van der Waals surface area contributed by atoms with Gasteiger partial charge >= 0.3 is 0 Å². The summed E-state index contributed by atoms with van der Waals surface area (Å²) in [7, 11) is 0. The zero-order valence-electron chi connectivity index (χ0n) is 25.3. The zero-order chi connectivity index (χ0) is 31.3. The fourth-order valence-electron chi connectivity index (χ4n) is 6.11. The number of para-hydroxylation sites is 1. The Morgan fingerprint density at radius 1 is 0.848 bits per heavy atom. The van der Waals surface area contributed by atoms with E-state index in [-0.39, 0.29) is 31.2 Å². The van der Waals surface area contributed by atoms with Crippen molar-refractivity contribution in [2.24, 2.45) is 0 Å². The number of aromatic nitrogens is 3. The van der Waals surface area contributed by atoms with Crippen molar-refractivity contribution >= 4 is 28.5 Å². The van der Waals surface area contributed by atoms with Gasteiger partial charge in [0.2, 0.25) is 18.6 Å². The van der Waals surface area contributed by atoms with E-state index in [9.17, 15) is 9.59 Å². The number of benzene rings is 4. The Bertz CT molecular complexity index is 1940. The lowest BCUT2D eigenvalue weighted by Gasteiger charge is -2.33. The number of ether oxygens (including phenoxy) is 2. The summed E-state index contributed by atoms with van der Waals surface area (Å²) in [5, 5.41) is 11.8. The summed E-state index contributed by atoms with van der Waals surface area (Å²) >= 11 is 0. The Morgan fingerprint density at radius 3 is 2.48 bits per heavy atom. The fourth-order valence-corrected chi connectivity index (χ4v) is 6.11. The average molecular weight is 612 g/mol. The highest BCUT2D eigenvalue weighted by molar-refractivity contribution is 6.02. The molecule has 46 heavy (non-hydrogen) atoms. The van der Waals surface area contributed by atoms with Crippen LogP contribution in [0.25, 0.3) is 11.0 Å². The van der Waals surface area contributed by atoms with Crippen LogP contribution < -0.4 is 19.7 Å². The molecule has 9 nitrogen and oxygen atoms in total. The Balaban J connectivity index is 1.31. The number of fused-ring (bicyclic) bond motifs is 2. The van der Waals surface area contributed by atoms with Crippen LogP contribution in [0.3, 0.4) is 0 Å². The highest BCUT2D eigenvalue weighted by Crippen LogP contribution is 2.38. The van der Waals surface area contributed by atoms with E-state index in [0.717, 1.165) is 48.7 Å². The van der Waals surface area contributed by atoms with E-state index in [1.807, 2.05) is 78.9 Å². The van der Waals surface area contributed by atoms with Gasteiger partial charge in [0.1, 0.15) is 18.1 Å². The van der Waals surface area contributed by atoms with Crippen molar-refractivity contribution in [3.05, 3.63) is 114 Å². The first-order valence-electron chi connectivity index (χ1n) is 15.6. The van der Waals surface area contributed by atoms with E-state index in [2.05, 4.69) is 27.5 Å². The van der Waals surface area contributed by atoms with E-state index in [0.29, 0.717) is 28.3 Å². The molecular formula is C37H33N5O4. The minimum Gasteiger partial charge on any atom is -0.454 e. The van der Waals surface area contributed by atoms with E-state index in [4.69, 9.17) is 9.47 Å². The van der Waals surface area contributed by atoms with Gasteiger partial charge in [0.25, 0.3) is 0 Å². The molecule has 0 radical (unpaired) electrons. The van der Waals surface area contributed by atoms with Crippen molar-refractivity contribution in [3.63, 3.8) is 0 Å². The third-order valence-corrected chi connectivity index (χ3v) is 8.39. The van der Waals surface area contributed by atoms with E-state index >= 15 is 0 Å². The quantitative estimate of drug-likeness (QED) is 0.234. The molecule has 1 N–H and O–H groups in total. The lowest BCUT2D eigenvalue weighted by atomic mass is 9.94. The third kappa shape index (κ3) is 6.28. The molecule has 0 bridgehead atoms. The van der Waals surface area contributed by atoms with Crippen molar-refractivity contribution in [3.8, 4) is 23.3 Å². The normalized spacial score (nSPS) is 14.7. The first-order valence-corrected chi connectivity index (χ1v) is 15.6. The van der Waals surface area contributed by atoms with Crippen LogP contribution in [0.1, 0.15) is 54.8 Å². The molecule has 7 rings (SSSR count). The number of hydrogen-bond donors (Lipinski definition) is 1. The summed E-state index contributed by atoms with van der Waals surface area (Å²) in [6.07, 6.45) is 5.09. The van der Waals surface area contributed by atoms with Crippen LogP contribution in [0.2, 0.25) is 0 Å². The van der Waals surface area contributed by atoms with Gasteiger partial charge in [-0.15, -0.1) is 5.10 Å². The number of amides is 2. The highest BCUT2D eigenvalue weighted by Gasteiger charge is 2.35. The van der Waals surface area contributed by atoms with Crippen molar-refractivity contribution in [2.45, 2.75) is 50.7 Å². The predicted octanol–water partition coefficient (Wildman–Crippen LogP) is 5.78. The van der Waals surface area contributed by atoms with E-state index in [1.165, 1.54) is 0 Å². The van der Waals surface area contributed by atoms with Crippen LogP contribution in [-0.4, -0.2) is 39.6 Å². The number of anilines is 1. The molecule has 5 aromatic rings. The van der Waals surface area contributed by atoms with Gasteiger partial charge in [-0.05, 0) is 66.9 Å². The van der Waals surface area contributed by atoms with Gasteiger partial charge in [0, 0.05) is 28.9 Å². The first kappa shape index (κ1) is 29.1. The van der Waals surface area contributed by atoms with Crippen LogP contribution in [0.4, 0.5) is 5.69 Å². The van der Waals surface area contributed by atoms with Gasteiger partial charge in [-0.2, -0.15) is 0 Å². The zero-order valence-corrected chi connectivity index (χ0v) is 25.3. The number of carbonyl (C=O) groups excluding carboxylic acids is 2. The van der Waals surface area contributed by atoms with Gasteiger partial charge < -0.3 is 14.8 Å². The molecule has 2 heterocycles. The third-order valence-electron chi connectivity index (χ3n) is 8.39. The second-order valence-corrected chi connectivity index (χ2v) is 11.5. The van der Waals surface area contributed by atoms with Gasteiger partial charge in [0.15, 0.2) is 11.5 Å². The van der Waals surface area contributed by atoms with Crippen LogP contribution in [0, 0.1) is 11.8 Å². The van der Waals surface area contributed by atoms with Gasteiger partial charge in [-0.3, -0.25) is 14.5 Å². The van der Waals surface area contributed by atoms with Crippen molar-refractivity contribution in [1.82, 2.24) is 20.3 Å². The predicted molar refractivity (Wildman–Crippen MR) is 174 cm³/mol. The minimum absolute atomic E-state index is 0.0396. The molecule has 4 aromatic carbocycles. The molecule has 0 saturated heterocycles. The maximum absolute atomic E-state index is 14.5. The molecule has 2 amide bonds. The van der Waals surface area contributed by atoms with Crippen LogP contribution in [0.15, 0.2) is 97.1 Å². The molecule has 9 heteroatoms. The van der Waals surface area contributed by atoms with Crippen molar-refractivity contribution in [2.75, 3.05) is 11.7 Å². The second kappa shape index (κ2) is 13.2. The van der Waals surface area contributed by atoms with E-state index in [1.54, 1.807) is 27.8 Å². The second-order valence-electron chi connectivity index (χ2n) is 11.5. The summed E-state index contributed by atoms with van der Waals surface area (Å²) in [5.74, 6) is 6.94. The molecule has 1 fully saturated rings. The summed E-state index contributed by atoms with van der Waals surface area (Å²) in [6, 6.07) is 29.1. The average Bonchev–Trinajstić information content (AvgIpc) is 3.74. The fraction of sp³-hybridized carbons (Fsp3) is 0.243.